The smallest absolute Gasteiger partial charge is 0.271 e. The Bertz CT molecular complexity index is 508. The number of imidazole rings is 1. The highest BCUT2D eigenvalue weighted by atomic mass is 16.1. The third kappa shape index (κ3) is 3.14. The molecule has 0 unspecified atom stereocenters. The topological polar surface area (TPSA) is 85.8 Å². The van der Waals surface area contributed by atoms with E-state index in [1.54, 1.807) is 29.5 Å². The van der Waals surface area contributed by atoms with Crippen LogP contribution in [0, 0.1) is 0 Å². The van der Waals surface area contributed by atoms with Crippen LogP contribution in [0.25, 0.3) is 0 Å². The molecule has 1 amide bonds. The minimum absolute atomic E-state index is 0.192. The molecule has 0 saturated heterocycles. The average Bonchev–Trinajstić information content (AvgIpc) is 2.86. The molecule has 0 aliphatic heterocycles. The number of nitrogens with zero attached hydrogens (tertiary/aromatic N) is 3. The van der Waals surface area contributed by atoms with E-state index in [0.717, 1.165) is 5.56 Å². The van der Waals surface area contributed by atoms with Crippen molar-refractivity contribution in [2.24, 2.45) is 5.73 Å². The monoisotopic (exact) mass is 245 g/mol. The normalized spacial score (nSPS) is 10.3. The summed E-state index contributed by atoms with van der Waals surface area (Å²) in [7, 11) is 0. The highest BCUT2D eigenvalue weighted by molar-refractivity contribution is 5.91. The van der Waals surface area contributed by atoms with E-state index >= 15 is 0 Å². The lowest BCUT2D eigenvalue weighted by Crippen LogP contribution is -2.23. The van der Waals surface area contributed by atoms with Gasteiger partial charge >= 0.3 is 0 Å². The van der Waals surface area contributed by atoms with Gasteiger partial charge in [0.1, 0.15) is 5.69 Å². The molecule has 0 fully saturated rings. The molecule has 6 heteroatoms. The predicted octanol–water partition coefficient (Wildman–Crippen LogP) is 0.167. The summed E-state index contributed by atoms with van der Waals surface area (Å²) in [6.45, 7) is 1.64. The second kappa shape index (κ2) is 5.92. The largest absolute Gasteiger partial charge is 0.347 e. The van der Waals surface area contributed by atoms with Crippen LogP contribution in [0.2, 0.25) is 0 Å². The molecular formula is C12H15N5O. The molecule has 2 aromatic heterocycles. The fourth-order valence-electron chi connectivity index (χ4n) is 1.52. The van der Waals surface area contributed by atoms with Gasteiger partial charge in [-0.3, -0.25) is 9.78 Å². The van der Waals surface area contributed by atoms with Crippen LogP contribution >= 0.6 is 0 Å². The van der Waals surface area contributed by atoms with Gasteiger partial charge in [-0.15, -0.1) is 0 Å². The molecule has 0 spiro atoms. The minimum Gasteiger partial charge on any atom is -0.347 e. The minimum atomic E-state index is -0.192. The lowest BCUT2D eigenvalue weighted by Gasteiger charge is -2.02. The molecule has 3 N–H and O–H groups in total. The zero-order valence-electron chi connectivity index (χ0n) is 9.91. The van der Waals surface area contributed by atoms with Crippen molar-refractivity contribution in [1.29, 1.82) is 0 Å². The summed E-state index contributed by atoms with van der Waals surface area (Å²) in [6.07, 6.45) is 6.68. The fraction of sp³-hybridized carbons (Fsp3) is 0.250. The number of carbonyl (C=O) groups excluding carboxylic acids is 1. The van der Waals surface area contributed by atoms with Gasteiger partial charge in [0, 0.05) is 38.2 Å². The van der Waals surface area contributed by atoms with E-state index in [4.69, 9.17) is 5.73 Å². The fourth-order valence-corrected chi connectivity index (χ4v) is 1.52. The number of amides is 1. The summed E-state index contributed by atoms with van der Waals surface area (Å²) in [6, 6.07) is 3.71. The van der Waals surface area contributed by atoms with Gasteiger partial charge in [-0.25, -0.2) is 4.98 Å². The summed E-state index contributed by atoms with van der Waals surface area (Å²) in [5.41, 5.74) is 6.83. The Morgan fingerprint density at radius 2 is 2.17 bits per heavy atom. The van der Waals surface area contributed by atoms with E-state index in [1.165, 1.54) is 0 Å². The van der Waals surface area contributed by atoms with Crippen molar-refractivity contribution < 1.29 is 4.79 Å². The maximum Gasteiger partial charge on any atom is 0.271 e. The number of carbonyl (C=O) groups is 1. The van der Waals surface area contributed by atoms with E-state index in [1.807, 2.05) is 12.1 Å². The van der Waals surface area contributed by atoms with Gasteiger partial charge in [0.2, 0.25) is 0 Å². The zero-order valence-corrected chi connectivity index (χ0v) is 9.91. The highest BCUT2D eigenvalue weighted by Crippen LogP contribution is 1.99. The second-order valence-corrected chi connectivity index (χ2v) is 3.82. The quantitative estimate of drug-likeness (QED) is 0.786. The number of pyridine rings is 1. The van der Waals surface area contributed by atoms with E-state index in [2.05, 4.69) is 15.3 Å². The summed E-state index contributed by atoms with van der Waals surface area (Å²) >= 11 is 0. The van der Waals surface area contributed by atoms with E-state index in [0.29, 0.717) is 25.3 Å². The maximum absolute atomic E-state index is 11.8. The summed E-state index contributed by atoms with van der Waals surface area (Å²) in [5, 5.41) is 2.80. The molecule has 0 atom stereocenters. The van der Waals surface area contributed by atoms with E-state index in [9.17, 15) is 4.79 Å². The van der Waals surface area contributed by atoms with Crippen LogP contribution in [0.5, 0.6) is 0 Å². The Morgan fingerprint density at radius 1 is 1.39 bits per heavy atom. The maximum atomic E-state index is 11.8. The molecule has 0 aliphatic rings. The molecule has 2 aromatic rings. The van der Waals surface area contributed by atoms with Crippen LogP contribution in [0.4, 0.5) is 0 Å². The van der Waals surface area contributed by atoms with Crippen LogP contribution < -0.4 is 11.1 Å². The first kappa shape index (κ1) is 12.3. The van der Waals surface area contributed by atoms with Crippen LogP contribution in [-0.4, -0.2) is 27.0 Å². The Hall–Kier alpha value is -2.21. The van der Waals surface area contributed by atoms with Gasteiger partial charge in [0.05, 0.1) is 6.33 Å². The number of hydrogen-bond acceptors (Lipinski definition) is 4. The molecule has 6 nitrogen and oxygen atoms in total. The third-order valence-corrected chi connectivity index (χ3v) is 2.46. The molecule has 18 heavy (non-hydrogen) atoms. The van der Waals surface area contributed by atoms with Crippen molar-refractivity contribution in [3.8, 4) is 0 Å². The standard InChI is InChI=1S/C12H15N5O/c13-3-6-17-8-11(16-9-17)12(18)15-7-10-1-4-14-5-2-10/h1-2,4-5,8-9H,3,6-7,13H2,(H,15,18). The lowest BCUT2D eigenvalue weighted by molar-refractivity contribution is 0.0946. The highest BCUT2D eigenvalue weighted by Gasteiger charge is 2.08. The first-order valence-corrected chi connectivity index (χ1v) is 5.68. The first-order valence-electron chi connectivity index (χ1n) is 5.68. The van der Waals surface area contributed by atoms with Gasteiger partial charge in [-0.2, -0.15) is 0 Å². The van der Waals surface area contributed by atoms with Crippen molar-refractivity contribution in [2.75, 3.05) is 6.54 Å². The average molecular weight is 245 g/mol. The number of aromatic nitrogens is 3. The Kier molecular flexibility index (Phi) is 4.03. The predicted molar refractivity (Wildman–Crippen MR) is 66.7 cm³/mol. The van der Waals surface area contributed by atoms with Crippen LogP contribution in [0.15, 0.2) is 37.1 Å². The molecule has 2 heterocycles. The Balaban J connectivity index is 1.91. The van der Waals surface area contributed by atoms with Crippen molar-refractivity contribution >= 4 is 5.91 Å². The molecule has 0 saturated carbocycles. The van der Waals surface area contributed by atoms with Gasteiger partial charge in [-0.05, 0) is 17.7 Å². The van der Waals surface area contributed by atoms with Crippen LogP contribution in [-0.2, 0) is 13.1 Å². The zero-order chi connectivity index (χ0) is 12.8. The van der Waals surface area contributed by atoms with Crippen LogP contribution in [0.1, 0.15) is 16.1 Å². The number of nitrogens with one attached hydrogen (secondary N) is 1. The SMILES string of the molecule is NCCn1cnc(C(=O)NCc2ccncc2)c1. The van der Waals surface area contributed by atoms with Crippen molar-refractivity contribution in [2.45, 2.75) is 13.1 Å². The molecule has 0 aromatic carbocycles. The number of rotatable bonds is 5. The van der Waals surface area contributed by atoms with Gasteiger partial charge in [0.25, 0.3) is 5.91 Å². The van der Waals surface area contributed by atoms with Gasteiger partial charge < -0.3 is 15.6 Å². The Morgan fingerprint density at radius 3 is 2.89 bits per heavy atom. The molecule has 94 valence electrons. The first-order chi connectivity index (χ1) is 8.79. The molecular weight excluding hydrogens is 230 g/mol. The summed E-state index contributed by atoms with van der Waals surface area (Å²) < 4.78 is 1.79. The number of hydrogen-bond donors (Lipinski definition) is 2. The van der Waals surface area contributed by atoms with Crippen molar-refractivity contribution in [3.05, 3.63) is 48.3 Å². The van der Waals surface area contributed by atoms with Gasteiger partial charge in [0.15, 0.2) is 0 Å². The molecule has 0 aliphatic carbocycles. The summed E-state index contributed by atoms with van der Waals surface area (Å²) in [4.78, 5) is 19.7. The van der Waals surface area contributed by atoms with Crippen LogP contribution in [0.3, 0.4) is 0 Å². The molecule has 0 radical (unpaired) electrons. The lowest BCUT2D eigenvalue weighted by atomic mass is 10.2. The van der Waals surface area contributed by atoms with E-state index in [-0.39, 0.29) is 5.91 Å². The van der Waals surface area contributed by atoms with E-state index < -0.39 is 0 Å². The van der Waals surface area contributed by atoms with Crippen molar-refractivity contribution in [3.63, 3.8) is 0 Å². The summed E-state index contributed by atoms with van der Waals surface area (Å²) in [5.74, 6) is -0.192. The van der Waals surface area contributed by atoms with Gasteiger partial charge in [-0.1, -0.05) is 0 Å². The molecule has 2 rings (SSSR count). The molecule has 0 bridgehead atoms. The second-order valence-electron chi connectivity index (χ2n) is 3.82. The Labute approximate surface area is 105 Å². The number of nitrogens with two attached hydrogens (primary N) is 1. The van der Waals surface area contributed by atoms with Crippen molar-refractivity contribution in [1.82, 2.24) is 19.9 Å². The third-order valence-electron chi connectivity index (χ3n) is 2.46.